The van der Waals surface area contributed by atoms with Gasteiger partial charge in [-0.15, -0.1) is 0 Å². The fraction of sp³-hybridized carbons (Fsp3) is 0.667. The quantitative estimate of drug-likeness (QED) is 0.671. The Morgan fingerprint density at radius 2 is 2.21 bits per heavy atom. The molecule has 2 rings (SSSR count). The number of hydrogen-bond donors (Lipinski definition) is 1. The highest BCUT2D eigenvalue weighted by Gasteiger charge is 2.16. The second kappa shape index (κ2) is 6.75. The number of esters is 1. The zero-order chi connectivity index (χ0) is 13.7. The van der Waals surface area contributed by atoms with E-state index in [4.69, 9.17) is 4.42 Å². The normalized spacial score (nSPS) is 23.9. The lowest BCUT2D eigenvalue weighted by atomic mass is 10.0. The van der Waals surface area contributed by atoms with Crippen LogP contribution in [0.4, 0.5) is 0 Å². The van der Waals surface area contributed by atoms with Crippen molar-refractivity contribution in [2.45, 2.75) is 51.6 Å². The Bertz CT molecular complexity index is 413. The summed E-state index contributed by atoms with van der Waals surface area (Å²) in [6, 6.07) is 4.06. The van der Waals surface area contributed by atoms with Crippen molar-refractivity contribution < 1.29 is 13.9 Å². The second-order valence-electron chi connectivity index (χ2n) is 5.45. The number of hydrogen-bond acceptors (Lipinski definition) is 4. The van der Waals surface area contributed by atoms with Gasteiger partial charge in [0.05, 0.1) is 13.7 Å². The molecule has 0 aliphatic heterocycles. The van der Waals surface area contributed by atoms with Crippen molar-refractivity contribution in [3.8, 4) is 0 Å². The molecule has 0 radical (unpaired) electrons. The van der Waals surface area contributed by atoms with Crippen molar-refractivity contribution in [1.82, 2.24) is 5.32 Å². The van der Waals surface area contributed by atoms with Crippen LogP contribution in [0, 0.1) is 5.92 Å². The van der Waals surface area contributed by atoms with Crippen molar-refractivity contribution in [3.05, 3.63) is 23.7 Å². The van der Waals surface area contributed by atoms with E-state index in [-0.39, 0.29) is 5.76 Å². The average Bonchev–Trinajstić information content (AvgIpc) is 2.79. The third-order valence-corrected chi connectivity index (χ3v) is 3.87. The fourth-order valence-electron chi connectivity index (χ4n) is 2.62. The topological polar surface area (TPSA) is 51.5 Å². The number of carbonyl (C=O) groups is 1. The number of nitrogens with one attached hydrogen (secondary N) is 1. The molecule has 1 fully saturated rings. The van der Waals surface area contributed by atoms with Crippen LogP contribution in [-0.2, 0) is 11.3 Å². The van der Waals surface area contributed by atoms with Crippen LogP contribution in [0.15, 0.2) is 16.5 Å². The van der Waals surface area contributed by atoms with Gasteiger partial charge in [0, 0.05) is 6.04 Å². The van der Waals surface area contributed by atoms with E-state index in [9.17, 15) is 4.79 Å². The molecule has 1 aromatic heterocycles. The van der Waals surface area contributed by atoms with Crippen LogP contribution in [0.2, 0.25) is 0 Å². The third kappa shape index (κ3) is 4.10. The molecule has 0 saturated heterocycles. The Hall–Kier alpha value is -1.29. The predicted molar refractivity (Wildman–Crippen MR) is 72.9 cm³/mol. The lowest BCUT2D eigenvalue weighted by molar-refractivity contribution is 0.0563. The molecule has 0 bridgehead atoms. The van der Waals surface area contributed by atoms with Gasteiger partial charge in [0.25, 0.3) is 0 Å². The molecule has 4 heteroatoms. The minimum Gasteiger partial charge on any atom is -0.463 e. The van der Waals surface area contributed by atoms with Gasteiger partial charge < -0.3 is 14.5 Å². The van der Waals surface area contributed by atoms with Gasteiger partial charge in [-0.1, -0.05) is 19.8 Å². The van der Waals surface area contributed by atoms with Crippen LogP contribution < -0.4 is 5.32 Å². The van der Waals surface area contributed by atoms with Crippen LogP contribution in [0.1, 0.15) is 55.3 Å². The smallest absolute Gasteiger partial charge is 0.373 e. The van der Waals surface area contributed by atoms with E-state index in [0.717, 1.165) is 11.7 Å². The van der Waals surface area contributed by atoms with E-state index >= 15 is 0 Å². The molecule has 1 N–H and O–H groups in total. The van der Waals surface area contributed by atoms with Gasteiger partial charge in [0.15, 0.2) is 0 Å². The van der Waals surface area contributed by atoms with Gasteiger partial charge in [-0.2, -0.15) is 0 Å². The first-order valence-corrected chi connectivity index (χ1v) is 7.09. The molecular formula is C15H23NO3. The summed E-state index contributed by atoms with van der Waals surface area (Å²) < 4.78 is 10.1. The summed E-state index contributed by atoms with van der Waals surface area (Å²) in [4.78, 5) is 11.3. The van der Waals surface area contributed by atoms with Gasteiger partial charge in [-0.3, -0.25) is 0 Å². The summed E-state index contributed by atoms with van der Waals surface area (Å²) in [5.74, 6) is 1.49. The SMILES string of the molecule is COC(=O)c1ccc(CNC2CCCC(C)CC2)o1. The first kappa shape index (κ1) is 14.1. The molecule has 0 amide bonds. The van der Waals surface area contributed by atoms with Gasteiger partial charge >= 0.3 is 5.97 Å². The van der Waals surface area contributed by atoms with E-state index in [1.807, 2.05) is 6.07 Å². The number of methoxy groups -OCH3 is 1. The molecular weight excluding hydrogens is 242 g/mol. The molecule has 1 aromatic rings. The number of carbonyl (C=O) groups excluding carboxylic acids is 1. The van der Waals surface area contributed by atoms with Crippen molar-refractivity contribution in [1.29, 1.82) is 0 Å². The molecule has 2 atom stereocenters. The molecule has 1 saturated carbocycles. The molecule has 1 aliphatic carbocycles. The van der Waals surface area contributed by atoms with Crippen molar-refractivity contribution in [2.24, 2.45) is 5.92 Å². The molecule has 0 spiro atoms. The number of ether oxygens (including phenoxy) is 1. The summed E-state index contributed by atoms with van der Waals surface area (Å²) >= 11 is 0. The first-order valence-electron chi connectivity index (χ1n) is 7.09. The Balaban J connectivity index is 1.81. The molecule has 1 heterocycles. The Morgan fingerprint density at radius 1 is 1.37 bits per heavy atom. The maximum absolute atomic E-state index is 11.3. The lowest BCUT2D eigenvalue weighted by Crippen LogP contribution is -2.27. The van der Waals surface area contributed by atoms with Crippen LogP contribution >= 0.6 is 0 Å². The van der Waals surface area contributed by atoms with Crippen LogP contribution in [0.3, 0.4) is 0 Å². The summed E-state index contributed by atoms with van der Waals surface area (Å²) in [5.41, 5.74) is 0. The van der Waals surface area contributed by atoms with Crippen molar-refractivity contribution in [3.63, 3.8) is 0 Å². The molecule has 2 unspecified atom stereocenters. The first-order chi connectivity index (χ1) is 9.19. The standard InChI is InChI=1S/C15H23NO3/c1-11-4-3-5-12(7-6-11)16-10-13-8-9-14(19-13)15(17)18-2/h8-9,11-12,16H,3-7,10H2,1-2H3. The van der Waals surface area contributed by atoms with Crippen molar-refractivity contribution >= 4 is 5.97 Å². The summed E-state index contributed by atoms with van der Waals surface area (Å²) in [6.07, 6.45) is 6.39. The number of rotatable bonds is 4. The Labute approximate surface area is 114 Å². The molecule has 4 nitrogen and oxygen atoms in total. The summed E-state index contributed by atoms with van der Waals surface area (Å²) in [5, 5.41) is 3.52. The van der Waals surface area contributed by atoms with E-state index in [0.29, 0.717) is 12.6 Å². The van der Waals surface area contributed by atoms with E-state index in [1.165, 1.54) is 39.2 Å². The van der Waals surface area contributed by atoms with Crippen molar-refractivity contribution in [2.75, 3.05) is 7.11 Å². The van der Waals surface area contributed by atoms with Gasteiger partial charge in [0.2, 0.25) is 5.76 Å². The predicted octanol–water partition coefficient (Wildman–Crippen LogP) is 3.12. The number of furan rings is 1. The monoisotopic (exact) mass is 265 g/mol. The lowest BCUT2D eigenvalue weighted by Gasteiger charge is -2.15. The van der Waals surface area contributed by atoms with Gasteiger partial charge in [0.1, 0.15) is 5.76 Å². The Kier molecular flexibility index (Phi) is 5.02. The fourth-order valence-corrected chi connectivity index (χ4v) is 2.62. The van der Waals surface area contributed by atoms with Gasteiger partial charge in [-0.05, 0) is 37.3 Å². The summed E-state index contributed by atoms with van der Waals surface area (Å²) in [6.45, 7) is 3.01. The third-order valence-electron chi connectivity index (χ3n) is 3.87. The highest BCUT2D eigenvalue weighted by Crippen LogP contribution is 2.23. The maximum atomic E-state index is 11.3. The van der Waals surface area contributed by atoms with E-state index in [2.05, 4.69) is 17.0 Å². The van der Waals surface area contributed by atoms with E-state index < -0.39 is 5.97 Å². The zero-order valence-corrected chi connectivity index (χ0v) is 11.8. The van der Waals surface area contributed by atoms with Crippen LogP contribution in [0.25, 0.3) is 0 Å². The highest BCUT2D eigenvalue weighted by molar-refractivity contribution is 5.86. The summed E-state index contributed by atoms with van der Waals surface area (Å²) in [7, 11) is 1.36. The highest BCUT2D eigenvalue weighted by atomic mass is 16.5. The zero-order valence-electron chi connectivity index (χ0n) is 11.8. The Morgan fingerprint density at radius 3 is 3.00 bits per heavy atom. The molecule has 106 valence electrons. The maximum Gasteiger partial charge on any atom is 0.373 e. The molecule has 19 heavy (non-hydrogen) atoms. The van der Waals surface area contributed by atoms with Gasteiger partial charge in [-0.25, -0.2) is 4.79 Å². The largest absolute Gasteiger partial charge is 0.463 e. The van der Waals surface area contributed by atoms with Crippen LogP contribution in [0.5, 0.6) is 0 Å². The molecule has 1 aliphatic rings. The second-order valence-corrected chi connectivity index (χ2v) is 5.45. The van der Waals surface area contributed by atoms with E-state index in [1.54, 1.807) is 6.07 Å². The van der Waals surface area contributed by atoms with Crippen LogP contribution in [-0.4, -0.2) is 19.1 Å². The minimum absolute atomic E-state index is 0.272. The minimum atomic E-state index is -0.422. The average molecular weight is 265 g/mol. The molecule has 0 aromatic carbocycles.